The molecule has 0 bridgehead atoms. The summed E-state index contributed by atoms with van der Waals surface area (Å²) in [5.41, 5.74) is 2.97. The highest BCUT2D eigenvalue weighted by molar-refractivity contribution is 7.99. The molecule has 2 aromatic carbocycles. The van der Waals surface area contributed by atoms with Gasteiger partial charge in [0, 0.05) is 24.2 Å². The van der Waals surface area contributed by atoms with Gasteiger partial charge in [-0.15, -0.1) is 0 Å². The minimum atomic E-state index is -0.355. The molecule has 7 heteroatoms. The van der Waals surface area contributed by atoms with Crippen LogP contribution in [0, 0.1) is 5.82 Å². The van der Waals surface area contributed by atoms with Gasteiger partial charge in [0.25, 0.3) is 5.91 Å². The Morgan fingerprint density at radius 3 is 2.80 bits per heavy atom. The van der Waals surface area contributed by atoms with Crippen LogP contribution in [0.3, 0.4) is 0 Å². The van der Waals surface area contributed by atoms with E-state index < -0.39 is 0 Å². The number of rotatable bonds is 5. The summed E-state index contributed by atoms with van der Waals surface area (Å²) in [6.45, 7) is 2.83. The second kappa shape index (κ2) is 8.67. The zero-order chi connectivity index (χ0) is 21.1. The molecule has 30 heavy (non-hydrogen) atoms. The van der Waals surface area contributed by atoms with Gasteiger partial charge in [-0.25, -0.2) is 9.37 Å². The Hall–Kier alpha value is -3.19. The zero-order valence-corrected chi connectivity index (χ0v) is 17.2. The Morgan fingerprint density at radius 2 is 2.00 bits per heavy atom. The molecule has 152 valence electrons. The van der Waals surface area contributed by atoms with Crippen molar-refractivity contribution in [2.45, 2.75) is 29.8 Å². The second-order valence-corrected chi connectivity index (χ2v) is 7.92. The number of pyridine rings is 1. The first kappa shape index (κ1) is 20.1. The highest BCUT2D eigenvalue weighted by Gasteiger charge is 2.27. The number of amides is 2. The lowest BCUT2D eigenvalue weighted by Gasteiger charge is -2.21. The van der Waals surface area contributed by atoms with Gasteiger partial charge in [0.2, 0.25) is 5.91 Å². The molecule has 0 aliphatic carbocycles. The Kier molecular flexibility index (Phi) is 5.81. The normalized spacial score (nSPS) is 12.7. The van der Waals surface area contributed by atoms with E-state index in [1.807, 2.05) is 25.1 Å². The minimum Gasteiger partial charge on any atom is -0.352 e. The molecule has 0 saturated carbocycles. The molecular formula is C23H20FN3O2S. The Bertz CT molecular complexity index is 1120. The molecule has 4 rings (SSSR count). The van der Waals surface area contributed by atoms with E-state index >= 15 is 0 Å². The molecule has 5 nitrogen and oxygen atoms in total. The van der Waals surface area contributed by atoms with Crippen molar-refractivity contribution < 1.29 is 14.0 Å². The monoisotopic (exact) mass is 421 g/mol. The summed E-state index contributed by atoms with van der Waals surface area (Å²) < 4.78 is 13.3. The number of halogens is 1. The van der Waals surface area contributed by atoms with Crippen molar-refractivity contribution in [3.8, 4) is 0 Å². The van der Waals surface area contributed by atoms with Crippen LogP contribution in [0.15, 0.2) is 70.7 Å². The van der Waals surface area contributed by atoms with E-state index in [1.54, 1.807) is 35.4 Å². The molecular weight excluding hydrogens is 401 g/mol. The first-order valence-electron chi connectivity index (χ1n) is 9.64. The number of nitrogens with zero attached hydrogens (tertiary/aromatic N) is 2. The van der Waals surface area contributed by atoms with Crippen LogP contribution in [0.1, 0.15) is 28.4 Å². The maximum Gasteiger partial charge on any atom is 0.261 e. The Labute approximate surface area is 178 Å². The quantitative estimate of drug-likeness (QED) is 0.670. The third kappa shape index (κ3) is 4.21. The van der Waals surface area contributed by atoms with Gasteiger partial charge in [0.1, 0.15) is 10.8 Å². The van der Waals surface area contributed by atoms with Crippen LogP contribution in [0.2, 0.25) is 0 Å². The molecule has 1 N–H and O–H groups in total. The summed E-state index contributed by atoms with van der Waals surface area (Å²) in [5.74, 6) is -0.601. The van der Waals surface area contributed by atoms with Crippen molar-refractivity contribution in [1.29, 1.82) is 0 Å². The van der Waals surface area contributed by atoms with Gasteiger partial charge in [0.15, 0.2) is 0 Å². The SMILES string of the molecule is CCN1C(=O)c2cccnc2Sc2cc(CNC(=O)Cc3cccc(F)c3)ccc21. The molecule has 3 aromatic rings. The highest BCUT2D eigenvalue weighted by atomic mass is 32.2. The first-order chi connectivity index (χ1) is 14.5. The van der Waals surface area contributed by atoms with Crippen LogP contribution >= 0.6 is 11.8 Å². The smallest absolute Gasteiger partial charge is 0.261 e. The van der Waals surface area contributed by atoms with E-state index in [9.17, 15) is 14.0 Å². The maximum absolute atomic E-state index is 13.3. The number of carbonyl (C=O) groups excluding carboxylic acids is 2. The number of hydrogen-bond acceptors (Lipinski definition) is 4. The first-order valence-corrected chi connectivity index (χ1v) is 10.5. The van der Waals surface area contributed by atoms with Gasteiger partial charge in [-0.05, 0) is 54.4 Å². The molecule has 1 aliphatic rings. The summed E-state index contributed by atoms with van der Waals surface area (Å²) in [6, 6.07) is 15.4. The lowest BCUT2D eigenvalue weighted by molar-refractivity contribution is -0.120. The zero-order valence-electron chi connectivity index (χ0n) is 16.4. The molecule has 0 unspecified atom stereocenters. The fourth-order valence-corrected chi connectivity index (χ4v) is 4.46. The molecule has 2 amide bonds. The van der Waals surface area contributed by atoms with Crippen molar-refractivity contribution in [3.05, 3.63) is 83.3 Å². The molecule has 0 fully saturated rings. The van der Waals surface area contributed by atoms with E-state index in [1.165, 1.54) is 23.9 Å². The van der Waals surface area contributed by atoms with Crippen LogP contribution in [0.4, 0.5) is 10.1 Å². The molecule has 2 heterocycles. The molecule has 1 aliphatic heterocycles. The Balaban J connectivity index is 1.52. The van der Waals surface area contributed by atoms with Gasteiger partial charge in [-0.2, -0.15) is 0 Å². The van der Waals surface area contributed by atoms with Crippen LogP contribution in [-0.4, -0.2) is 23.3 Å². The number of benzene rings is 2. The van der Waals surface area contributed by atoms with Gasteiger partial charge in [0.05, 0.1) is 17.7 Å². The number of hydrogen-bond donors (Lipinski definition) is 1. The van der Waals surface area contributed by atoms with Gasteiger partial charge in [-0.1, -0.05) is 30.0 Å². The molecule has 0 radical (unpaired) electrons. The van der Waals surface area contributed by atoms with Crippen LogP contribution in [0.25, 0.3) is 0 Å². The van der Waals surface area contributed by atoms with Crippen LogP contribution < -0.4 is 10.2 Å². The number of nitrogens with one attached hydrogen (secondary N) is 1. The van der Waals surface area contributed by atoms with E-state index in [2.05, 4.69) is 10.3 Å². The van der Waals surface area contributed by atoms with Crippen molar-refractivity contribution in [2.75, 3.05) is 11.4 Å². The summed E-state index contributed by atoms with van der Waals surface area (Å²) in [6.07, 6.45) is 1.80. The summed E-state index contributed by atoms with van der Waals surface area (Å²) >= 11 is 1.45. The van der Waals surface area contributed by atoms with E-state index in [0.29, 0.717) is 29.2 Å². The third-order valence-electron chi connectivity index (χ3n) is 4.83. The molecule has 0 saturated heterocycles. The summed E-state index contributed by atoms with van der Waals surface area (Å²) in [5, 5.41) is 3.55. The number of fused-ring (bicyclic) bond motifs is 2. The van der Waals surface area contributed by atoms with Crippen molar-refractivity contribution in [2.24, 2.45) is 0 Å². The van der Waals surface area contributed by atoms with E-state index in [-0.39, 0.29) is 24.1 Å². The fraction of sp³-hybridized carbons (Fsp3) is 0.174. The lowest BCUT2D eigenvalue weighted by atomic mass is 10.1. The average Bonchev–Trinajstić information content (AvgIpc) is 2.85. The van der Waals surface area contributed by atoms with E-state index in [0.717, 1.165) is 16.1 Å². The molecule has 0 atom stereocenters. The van der Waals surface area contributed by atoms with Crippen molar-refractivity contribution in [1.82, 2.24) is 10.3 Å². The minimum absolute atomic E-state index is 0.0667. The number of aromatic nitrogens is 1. The number of anilines is 1. The van der Waals surface area contributed by atoms with E-state index in [4.69, 9.17) is 0 Å². The highest BCUT2D eigenvalue weighted by Crippen LogP contribution is 2.40. The predicted molar refractivity (Wildman–Crippen MR) is 114 cm³/mol. The summed E-state index contributed by atoms with van der Waals surface area (Å²) in [7, 11) is 0. The Morgan fingerprint density at radius 1 is 1.13 bits per heavy atom. The topological polar surface area (TPSA) is 62.3 Å². The van der Waals surface area contributed by atoms with Crippen LogP contribution in [-0.2, 0) is 17.8 Å². The molecule has 1 aromatic heterocycles. The predicted octanol–water partition coefficient (Wildman–Crippen LogP) is 4.21. The second-order valence-electron chi connectivity index (χ2n) is 6.89. The summed E-state index contributed by atoms with van der Waals surface area (Å²) in [4.78, 5) is 32.2. The van der Waals surface area contributed by atoms with Gasteiger partial charge in [-0.3, -0.25) is 9.59 Å². The van der Waals surface area contributed by atoms with Gasteiger partial charge < -0.3 is 10.2 Å². The lowest BCUT2D eigenvalue weighted by Crippen LogP contribution is -2.30. The number of carbonyl (C=O) groups is 2. The van der Waals surface area contributed by atoms with Crippen LogP contribution in [0.5, 0.6) is 0 Å². The maximum atomic E-state index is 13.3. The largest absolute Gasteiger partial charge is 0.352 e. The molecule has 0 spiro atoms. The van der Waals surface area contributed by atoms with Crippen molar-refractivity contribution in [3.63, 3.8) is 0 Å². The standard InChI is InChI=1S/C23H20FN3O2S/c1-2-27-19-9-8-16(14-26-21(28)13-15-5-3-6-17(24)11-15)12-20(19)30-22-18(23(27)29)7-4-10-25-22/h3-12H,2,13-14H2,1H3,(H,26,28). The average molecular weight is 421 g/mol. The van der Waals surface area contributed by atoms with Crippen molar-refractivity contribution >= 4 is 29.3 Å². The van der Waals surface area contributed by atoms with Gasteiger partial charge >= 0.3 is 0 Å². The third-order valence-corrected chi connectivity index (χ3v) is 5.89. The fourth-order valence-electron chi connectivity index (χ4n) is 3.38.